The predicted octanol–water partition coefficient (Wildman–Crippen LogP) is 4.00. The molecule has 7 nitrogen and oxygen atoms in total. The third-order valence-corrected chi connectivity index (χ3v) is 7.26. The van der Waals surface area contributed by atoms with E-state index in [-0.39, 0.29) is 43.5 Å². The van der Waals surface area contributed by atoms with E-state index in [4.69, 9.17) is 14.6 Å². The van der Waals surface area contributed by atoms with Gasteiger partial charge in [-0.2, -0.15) is 13.2 Å². The number of ether oxygens (including phenoxy) is 2. The van der Waals surface area contributed by atoms with Crippen molar-refractivity contribution in [3.05, 3.63) is 58.1 Å². The molecule has 1 amide bonds. The number of nitrogens with zero attached hydrogens (tertiary/aromatic N) is 2. The van der Waals surface area contributed by atoms with Crippen LogP contribution in [0.2, 0.25) is 0 Å². The largest absolute Gasteiger partial charge is 0.492 e. The Morgan fingerprint density at radius 2 is 1.97 bits per heavy atom. The van der Waals surface area contributed by atoms with E-state index in [0.29, 0.717) is 43.0 Å². The first-order chi connectivity index (χ1) is 17.1. The van der Waals surface area contributed by atoms with Crippen molar-refractivity contribution in [1.82, 2.24) is 9.80 Å². The minimum atomic E-state index is -4.50. The van der Waals surface area contributed by atoms with Crippen LogP contribution in [0, 0.1) is 0 Å². The van der Waals surface area contributed by atoms with Crippen molar-refractivity contribution in [2.24, 2.45) is 0 Å². The second kappa shape index (κ2) is 9.31. The van der Waals surface area contributed by atoms with Crippen LogP contribution in [0.3, 0.4) is 0 Å². The monoisotopic (exact) mass is 504 g/mol. The van der Waals surface area contributed by atoms with Crippen molar-refractivity contribution in [2.75, 3.05) is 33.3 Å². The molecule has 1 aliphatic carbocycles. The molecule has 36 heavy (non-hydrogen) atoms. The Kier molecular flexibility index (Phi) is 6.32. The summed E-state index contributed by atoms with van der Waals surface area (Å²) in [5.41, 5.74) is 1.74. The van der Waals surface area contributed by atoms with Crippen molar-refractivity contribution < 1.29 is 37.3 Å². The van der Waals surface area contributed by atoms with Crippen molar-refractivity contribution in [1.29, 1.82) is 0 Å². The van der Waals surface area contributed by atoms with Crippen LogP contribution in [0.4, 0.5) is 13.2 Å². The molecular formula is C26H27F3N2O5. The Morgan fingerprint density at radius 3 is 2.69 bits per heavy atom. The highest BCUT2D eigenvalue weighted by atomic mass is 19.4. The number of fused-ring (bicyclic) bond motifs is 2. The highest BCUT2D eigenvalue weighted by Crippen LogP contribution is 2.44. The highest BCUT2D eigenvalue weighted by molar-refractivity contribution is 5.78. The van der Waals surface area contributed by atoms with Crippen LogP contribution in [0.15, 0.2) is 30.3 Å². The summed E-state index contributed by atoms with van der Waals surface area (Å²) in [5.74, 6) is -0.121. The summed E-state index contributed by atoms with van der Waals surface area (Å²) in [4.78, 5) is 26.6. The first-order valence-corrected chi connectivity index (χ1v) is 11.9. The normalized spacial score (nSPS) is 21.8. The summed E-state index contributed by atoms with van der Waals surface area (Å²) in [5, 5.41) is 9.08. The zero-order chi connectivity index (χ0) is 25.6. The Balaban J connectivity index is 1.39. The fourth-order valence-electron chi connectivity index (χ4n) is 5.35. The summed E-state index contributed by atoms with van der Waals surface area (Å²) in [6.45, 7) is 1.43. The molecule has 1 fully saturated rings. The van der Waals surface area contributed by atoms with Gasteiger partial charge in [-0.1, -0.05) is 12.1 Å². The summed E-state index contributed by atoms with van der Waals surface area (Å²) in [7, 11) is 1.69. The molecule has 1 saturated heterocycles. The minimum Gasteiger partial charge on any atom is -0.492 e. The van der Waals surface area contributed by atoms with Crippen molar-refractivity contribution >= 4 is 11.9 Å². The number of carbonyl (C=O) groups is 2. The molecule has 192 valence electrons. The van der Waals surface area contributed by atoms with Gasteiger partial charge in [0.2, 0.25) is 5.91 Å². The SMILES string of the molecule is CN1CCN(Cc2c(C(F)(F)F)ccc3c2CC[C@H]3Oc2ccc3c(c2)OC[C@H]3CC(=O)O)CC1=O. The Hall–Kier alpha value is -3.27. The molecule has 1 N–H and O–H groups in total. The van der Waals surface area contributed by atoms with Gasteiger partial charge in [-0.3, -0.25) is 14.5 Å². The fourth-order valence-corrected chi connectivity index (χ4v) is 5.35. The van der Waals surface area contributed by atoms with Gasteiger partial charge in [-0.05, 0) is 41.7 Å². The van der Waals surface area contributed by atoms with Gasteiger partial charge >= 0.3 is 12.1 Å². The molecule has 2 heterocycles. The van der Waals surface area contributed by atoms with Crippen LogP contribution >= 0.6 is 0 Å². The number of aliphatic carboxylic acids is 1. The van der Waals surface area contributed by atoms with Crippen LogP contribution < -0.4 is 9.47 Å². The molecule has 2 aromatic rings. The van der Waals surface area contributed by atoms with E-state index in [9.17, 15) is 22.8 Å². The average molecular weight is 505 g/mol. The van der Waals surface area contributed by atoms with Crippen LogP contribution in [-0.2, 0) is 28.7 Å². The number of hydrogen-bond acceptors (Lipinski definition) is 5. The molecule has 0 unspecified atom stereocenters. The van der Waals surface area contributed by atoms with Crippen molar-refractivity contribution in [2.45, 2.75) is 44.0 Å². The topological polar surface area (TPSA) is 79.3 Å². The van der Waals surface area contributed by atoms with Gasteiger partial charge in [0.15, 0.2) is 0 Å². The van der Waals surface area contributed by atoms with E-state index in [1.165, 1.54) is 6.07 Å². The van der Waals surface area contributed by atoms with Gasteiger partial charge in [0.25, 0.3) is 0 Å². The van der Waals surface area contributed by atoms with Gasteiger partial charge in [0.05, 0.1) is 25.1 Å². The van der Waals surface area contributed by atoms with Crippen LogP contribution in [-0.4, -0.2) is 60.1 Å². The lowest BCUT2D eigenvalue weighted by Crippen LogP contribution is -2.48. The number of likely N-dealkylation sites (N-methyl/N-ethyl adjacent to an activating group) is 1. The minimum absolute atomic E-state index is 0.0214. The maximum atomic E-state index is 13.9. The van der Waals surface area contributed by atoms with Crippen molar-refractivity contribution in [3.8, 4) is 11.5 Å². The van der Waals surface area contributed by atoms with Crippen LogP contribution in [0.1, 0.15) is 52.7 Å². The van der Waals surface area contributed by atoms with E-state index in [0.717, 1.165) is 17.2 Å². The highest BCUT2D eigenvalue weighted by Gasteiger charge is 2.38. The van der Waals surface area contributed by atoms with Gasteiger partial charge in [0, 0.05) is 44.2 Å². The van der Waals surface area contributed by atoms with E-state index in [2.05, 4.69) is 0 Å². The molecule has 0 saturated carbocycles. The zero-order valence-corrected chi connectivity index (χ0v) is 19.8. The Morgan fingerprint density at radius 1 is 1.19 bits per heavy atom. The summed E-state index contributed by atoms with van der Waals surface area (Å²) < 4.78 is 53.6. The number of amides is 1. The predicted molar refractivity (Wildman–Crippen MR) is 123 cm³/mol. The number of carboxylic acid groups (broad SMARTS) is 1. The standard InChI is InChI=1S/C26H27F3N2O5/c1-30-8-9-31(13-24(30)32)12-20-18-5-7-22(19(18)4-6-21(20)26(27,28)29)36-16-2-3-17-15(10-25(33)34)14-35-23(17)11-16/h2-4,6,11,15,22H,5,7-10,12-14H2,1H3,(H,33,34)/t15-,22-/m1/s1. The number of rotatable bonds is 6. The molecular weight excluding hydrogens is 477 g/mol. The summed E-state index contributed by atoms with van der Waals surface area (Å²) in [6.07, 6.45) is -3.95. The molecule has 2 aliphatic heterocycles. The fraction of sp³-hybridized carbons (Fsp3) is 0.462. The van der Waals surface area contributed by atoms with Gasteiger partial charge in [-0.15, -0.1) is 0 Å². The number of carbonyl (C=O) groups excluding carboxylic acids is 1. The third-order valence-electron chi connectivity index (χ3n) is 7.26. The lowest BCUT2D eigenvalue weighted by molar-refractivity contribution is -0.139. The maximum Gasteiger partial charge on any atom is 0.416 e. The second-order valence-electron chi connectivity index (χ2n) is 9.63. The third kappa shape index (κ3) is 4.74. The van der Waals surface area contributed by atoms with Crippen molar-refractivity contribution in [3.63, 3.8) is 0 Å². The van der Waals surface area contributed by atoms with Gasteiger partial charge in [-0.25, -0.2) is 0 Å². The number of alkyl halides is 3. The van der Waals surface area contributed by atoms with E-state index >= 15 is 0 Å². The van der Waals surface area contributed by atoms with E-state index < -0.39 is 23.8 Å². The number of hydrogen-bond donors (Lipinski definition) is 1. The maximum absolute atomic E-state index is 13.9. The molecule has 0 aromatic heterocycles. The average Bonchev–Trinajstić information content (AvgIpc) is 3.39. The molecule has 5 rings (SSSR count). The van der Waals surface area contributed by atoms with Gasteiger partial charge < -0.3 is 19.5 Å². The Labute approximate surface area is 206 Å². The smallest absolute Gasteiger partial charge is 0.416 e. The molecule has 2 aromatic carbocycles. The molecule has 10 heteroatoms. The lowest BCUT2D eigenvalue weighted by atomic mass is 9.96. The quantitative estimate of drug-likeness (QED) is 0.641. The first-order valence-electron chi connectivity index (χ1n) is 11.9. The van der Waals surface area contributed by atoms with E-state index in [1.54, 1.807) is 35.0 Å². The Bertz CT molecular complexity index is 1200. The van der Waals surface area contributed by atoms with Crippen LogP contribution in [0.25, 0.3) is 0 Å². The first kappa shape index (κ1) is 24.4. The molecule has 0 bridgehead atoms. The number of carboxylic acids is 1. The number of benzene rings is 2. The summed E-state index contributed by atoms with van der Waals surface area (Å²) in [6, 6.07) is 7.89. The zero-order valence-electron chi connectivity index (χ0n) is 19.8. The number of halogens is 3. The number of piperazine rings is 1. The van der Waals surface area contributed by atoms with E-state index in [1.807, 2.05) is 0 Å². The molecule has 0 spiro atoms. The molecule has 0 radical (unpaired) electrons. The molecule has 2 atom stereocenters. The lowest BCUT2D eigenvalue weighted by Gasteiger charge is -2.33. The molecule has 3 aliphatic rings. The van der Waals surface area contributed by atoms with Crippen LogP contribution in [0.5, 0.6) is 11.5 Å². The van der Waals surface area contributed by atoms with Gasteiger partial charge in [0.1, 0.15) is 17.6 Å². The summed E-state index contributed by atoms with van der Waals surface area (Å²) >= 11 is 0. The second-order valence-corrected chi connectivity index (χ2v) is 9.63.